The first-order chi connectivity index (χ1) is 23.1. The van der Waals surface area contributed by atoms with E-state index in [9.17, 15) is 9.65 Å². The van der Waals surface area contributed by atoms with Crippen molar-refractivity contribution in [1.82, 2.24) is 19.5 Å². The van der Waals surface area contributed by atoms with Gasteiger partial charge in [-0.3, -0.25) is 0 Å². The van der Waals surface area contributed by atoms with Crippen LogP contribution in [-0.2, 0) is 0 Å². The van der Waals surface area contributed by atoms with Crippen LogP contribution in [0, 0.1) is 23.0 Å². The van der Waals surface area contributed by atoms with Crippen LogP contribution < -0.4 is 0 Å². The minimum absolute atomic E-state index is 0.207. The van der Waals surface area contributed by atoms with Gasteiger partial charge in [0.15, 0.2) is 17.5 Å². The number of hydrogen-bond acceptors (Lipinski definition) is 4. The molecule has 0 radical (unpaired) electrons. The Morgan fingerprint density at radius 1 is 0.511 bits per heavy atom. The molecule has 6 aromatic carbocycles. The maximum absolute atomic E-state index is 15.7. The summed E-state index contributed by atoms with van der Waals surface area (Å²) in [4.78, 5) is 14.6. The van der Waals surface area contributed by atoms with Crippen LogP contribution in [0.3, 0.4) is 0 Å². The number of aromatic nitrogens is 4. The molecule has 0 spiro atoms. The van der Waals surface area contributed by atoms with Crippen molar-refractivity contribution in [1.29, 1.82) is 5.26 Å². The van der Waals surface area contributed by atoms with Gasteiger partial charge in [0.1, 0.15) is 11.6 Å². The first kappa shape index (κ1) is 28.0. The molecule has 0 aliphatic heterocycles. The number of para-hydroxylation sites is 1. The predicted molar refractivity (Wildman–Crippen MR) is 181 cm³/mol. The second-order valence-electron chi connectivity index (χ2n) is 11.1. The van der Waals surface area contributed by atoms with E-state index >= 15 is 4.39 Å². The smallest absolute Gasteiger partial charge is 0.164 e. The third kappa shape index (κ3) is 4.98. The van der Waals surface area contributed by atoms with E-state index in [1.54, 1.807) is 6.07 Å². The Morgan fingerprint density at radius 2 is 1.13 bits per heavy atom. The largest absolute Gasteiger partial charge is 0.309 e. The summed E-state index contributed by atoms with van der Waals surface area (Å²) in [5.41, 5.74) is 6.00. The Labute approximate surface area is 268 Å². The highest BCUT2D eigenvalue weighted by Gasteiger charge is 2.20. The van der Waals surface area contributed by atoms with E-state index in [1.165, 1.54) is 12.1 Å². The topological polar surface area (TPSA) is 67.4 Å². The molecule has 2 heterocycles. The normalized spacial score (nSPS) is 11.2. The highest BCUT2D eigenvalue weighted by atomic mass is 19.1. The van der Waals surface area contributed by atoms with E-state index in [2.05, 4.69) is 10.6 Å². The fraction of sp³-hybridized carbons (Fsp3) is 0. The Morgan fingerprint density at radius 3 is 1.81 bits per heavy atom. The van der Waals surface area contributed by atoms with E-state index < -0.39 is 11.6 Å². The summed E-state index contributed by atoms with van der Waals surface area (Å²) in [6.45, 7) is 0. The van der Waals surface area contributed by atoms with Gasteiger partial charge in [-0.1, -0.05) is 78.9 Å². The van der Waals surface area contributed by atoms with E-state index in [1.807, 2.05) is 115 Å². The first-order valence-corrected chi connectivity index (χ1v) is 15.0. The van der Waals surface area contributed by atoms with Crippen LogP contribution in [0.2, 0.25) is 0 Å². The molecule has 7 heteroatoms. The van der Waals surface area contributed by atoms with Crippen LogP contribution in [0.4, 0.5) is 8.78 Å². The molecule has 8 rings (SSSR count). The number of benzene rings is 6. The van der Waals surface area contributed by atoms with Gasteiger partial charge in [0, 0.05) is 44.8 Å². The molecule has 0 unspecified atom stereocenters. The molecule has 0 fully saturated rings. The van der Waals surface area contributed by atoms with Gasteiger partial charge in [-0.15, -0.1) is 0 Å². The molecular weight excluding hydrogens is 588 g/mol. The third-order valence-corrected chi connectivity index (χ3v) is 8.22. The van der Waals surface area contributed by atoms with Crippen molar-refractivity contribution in [2.75, 3.05) is 0 Å². The summed E-state index contributed by atoms with van der Waals surface area (Å²) in [5, 5.41) is 11.5. The second-order valence-corrected chi connectivity index (χ2v) is 11.1. The average Bonchev–Trinajstić information content (AvgIpc) is 3.45. The second kappa shape index (κ2) is 11.4. The van der Waals surface area contributed by atoms with E-state index in [-0.39, 0.29) is 5.56 Å². The van der Waals surface area contributed by atoms with Crippen molar-refractivity contribution in [3.63, 3.8) is 0 Å². The summed E-state index contributed by atoms with van der Waals surface area (Å²) in [6.07, 6.45) is 0. The molecule has 222 valence electrons. The lowest BCUT2D eigenvalue weighted by molar-refractivity contribution is 0.585. The molecule has 47 heavy (non-hydrogen) atoms. The number of hydrogen-bond donors (Lipinski definition) is 0. The zero-order chi connectivity index (χ0) is 31.9. The number of halogens is 2. The van der Waals surface area contributed by atoms with E-state index in [0.717, 1.165) is 44.7 Å². The van der Waals surface area contributed by atoms with Gasteiger partial charge >= 0.3 is 0 Å². The van der Waals surface area contributed by atoms with Gasteiger partial charge < -0.3 is 4.57 Å². The summed E-state index contributed by atoms with van der Waals surface area (Å²) >= 11 is 0. The first-order valence-electron chi connectivity index (χ1n) is 15.0. The van der Waals surface area contributed by atoms with Gasteiger partial charge in [0.2, 0.25) is 0 Å². The fourth-order valence-corrected chi connectivity index (χ4v) is 6.05. The molecule has 2 aromatic heterocycles. The molecular formula is C40H23F2N5. The molecule has 0 aliphatic carbocycles. The number of rotatable bonds is 5. The molecule has 0 N–H and O–H groups in total. The Hall–Kier alpha value is -6.52. The van der Waals surface area contributed by atoms with Crippen LogP contribution in [-0.4, -0.2) is 19.5 Å². The zero-order valence-electron chi connectivity index (χ0n) is 24.8. The van der Waals surface area contributed by atoms with Gasteiger partial charge in [0.25, 0.3) is 0 Å². The predicted octanol–water partition coefficient (Wildman–Crippen LogP) is 9.79. The minimum Gasteiger partial charge on any atom is -0.309 e. The van der Waals surface area contributed by atoms with Crippen molar-refractivity contribution in [2.45, 2.75) is 0 Å². The third-order valence-electron chi connectivity index (χ3n) is 8.22. The molecule has 0 saturated heterocycles. The molecule has 0 bridgehead atoms. The molecule has 8 aromatic rings. The SMILES string of the molecule is N#Cc1ccc2c(c1)c1ccccc1n2-c1ccc(-c2nc(-c3ccccc3)nc(-c3ccccc3)n2)c(-c2ccc(F)cc2F)c1. The van der Waals surface area contributed by atoms with Crippen molar-refractivity contribution < 1.29 is 8.78 Å². The lowest BCUT2D eigenvalue weighted by Gasteiger charge is -2.16. The Balaban J connectivity index is 1.41. The van der Waals surface area contributed by atoms with Gasteiger partial charge in [-0.05, 0) is 60.2 Å². The molecule has 0 atom stereocenters. The highest BCUT2D eigenvalue weighted by Crippen LogP contribution is 2.38. The maximum Gasteiger partial charge on any atom is 0.164 e. The summed E-state index contributed by atoms with van der Waals surface area (Å²) in [6, 6.07) is 44.3. The number of fused-ring (bicyclic) bond motifs is 3. The number of nitriles is 1. The van der Waals surface area contributed by atoms with Crippen LogP contribution in [0.15, 0.2) is 140 Å². The van der Waals surface area contributed by atoms with Crippen LogP contribution in [0.25, 0.3) is 72.8 Å². The average molecular weight is 612 g/mol. The maximum atomic E-state index is 15.7. The highest BCUT2D eigenvalue weighted by molar-refractivity contribution is 6.09. The number of nitrogens with zero attached hydrogens (tertiary/aromatic N) is 5. The monoisotopic (exact) mass is 611 g/mol. The summed E-state index contributed by atoms with van der Waals surface area (Å²) < 4.78 is 31.9. The van der Waals surface area contributed by atoms with Gasteiger partial charge in [-0.2, -0.15) is 5.26 Å². The zero-order valence-corrected chi connectivity index (χ0v) is 24.8. The lowest BCUT2D eigenvalue weighted by atomic mass is 9.97. The standard InChI is InChI=1S/C40H23F2N5/c41-28-16-18-30(35(42)22-28)33-23-29(47-36-14-8-7-13-31(36)34-21-25(24-43)15-20-37(34)47)17-19-32(33)40-45-38(26-9-3-1-4-10-26)44-39(46-40)27-11-5-2-6-12-27/h1-23H. The minimum atomic E-state index is -0.704. The molecule has 0 amide bonds. The van der Waals surface area contributed by atoms with Crippen molar-refractivity contribution >= 4 is 21.8 Å². The Bertz CT molecular complexity index is 2440. The Kier molecular flexibility index (Phi) is 6.81. The van der Waals surface area contributed by atoms with Crippen molar-refractivity contribution in [3.8, 4) is 57.0 Å². The van der Waals surface area contributed by atoms with Gasteiger partial charge in [0.05, 0.1) is 22.7 Å². The molecule has 0 saturated carbocycles. The molecule has 5 nitrogen and oxygen atoms in total. The van der Waals surface area contributed by atoms with E-state index in [0.29, 0.717) is 34.2 Å². The summed E-state index contributed by atoms with van der Waals surface area (Å²) in [5.74, 6) is -0.0779. The van der Waals surface area contributed by atoms with Crippen LogP contribution >= 0.6 is 0 Å². The van der Waals surface area contributed by atoms with Gasteiger partial charge in [-0.25, -0.2) is 23.7 Å². The quantitative estimate of drug-likeness (QED) is 0.194. The van der Waals surface area contributed by atoms with Crippen molar-refractivity contribution in [2.24, 2.45) is 0 Å². The van der Waals surface area contributed by atoms with Crippen LogP contribution in [0.1, 0.15) is 5.56 Å². The van der Waals surface area contributed by atoms with E-state index in [4.69, 9.17) is 15.0 Å². The molecule has 0 aliphatic rings. The lowest BCUT2D eigenvalue weighted by Crippen LogP contribution is -2.02. The van der Waals surface area contributed by atoms with Crippen LogP contribution in [0.5, 0.6) is 0 Å². The summed E-state index contributed by atoms with van der Waals surface area (Å²) in [7, 11) is 0. The van der Waals surface area contributed by atoms with Crippen molar-refractivity contribution in [3.05, 3.63) is 157 Å². The fourth-order valence-electron chi connectivity index (χ4n) is 6.05.